The summed E-state index contributed by atoms with van der Waals surface area (Å²) in [4.78, 5) is 29.0. The van der Waals surface area contributed by atoms with Crippen LogP contribution in [0.2, 0.25) is 0 Å². The highest BCUT2D eigenvalue weighted by Crippen LogP contribution is 2.21. The first-order valence-electron chi connectivity index (χ1n) is 13.5. The predicted octanol–water partition coefficient (Wildman–Crippen LogP) is 5.91. The smallest absolute Gasteiger partial charge is 0.261 e. The number of hydrogen-bond acceptors (Lipinski definition) is 3. The van der Waals surface area contributed by atoms with Gasteiger partial charge in [-0.2, -0.15) is 0 Å². The van der Waals surface area contributed by atoms with Crippen molar-refractivity contribution in [2.75, 3.05) is 6.61 Å². The summed E-state index contributed by atoms with van der Waals surface area (Å²) in [5.41, 5.74) is 3.35. The quantitative estimate of drug-likeness (QED) is 0.364. The van der Waals surface area contributed by atoms with Gasteiger partial charge >= 0.3 is 0 Å². The zero-order valence-corrected chi connectivity index (χ0v) is 22.3. The lowest BCUT2D eigenvalue weighted by Crippen LogP contribution is -2.53. The Labute approximate surface area is 225 Å². The molecule has 1 aliphatic carbocycles. The Kier molecular flexibility index (Phi) is 9.52. The van der Waals surface area contributed by atoms with Crippen molar-refractivity contribution in [2.24, 2.45) is 0 Å². The van der Waals surface area contributed by atoms with Crippen molar-refractivity contribution in [3.63, 3.8) is 0 Å². The second-order valence-electron chi connectivity index (χ2n) is 10.3. The standard InChI is InChI=1S/C32H37FN2O3/c1-23-17-24(2)19-28(18-23)38-22-31(36)35(21-26-13-9-10-16-29(26)33)30(20-25-11-5-3-6-12-25)32(37)34-27-14-7-4-8-15-27/h3,5-6,9-13,16-19,27,30H,4,7-8,14-15,20-22H2,1-2H3,(H,34,37)/t30-/m1/s1. The first kappa shape index (κ1) is 27.4. The average Bonchev–Trinajstić information content (AvgIpc) is 2.91. The topological polar surface area (TPSA) is 58.6 Å². The van der Waals surface area contributed by atoms with Gasteiger partial charge in [0.1, 0.15) is 17.6 Å². The van der Waals surface area contributed by atoms with Gasteiger partial charge in [-0.3, -0.25) is 9.59 Å². The molecule has 3 aromatic rings. The molecule has 1 fully saturated rings. The highest BCUT2D eigenvalue weighted by molar-refractivity contribution is 5.88. The molecule has 5 nitrogen and oxygen atoms in total. The van der Waals surface area contributed by atoms with E-state index in [1.165, 1.54) is 17.4 Å². The van der Waals surface area contributed by atoms with Crippen LogP contribution in [-0.4, -0.2) is 35.4 Å². The minimum atomic E-state index is -0.811. The van der Waals surface area contributed by atoms with Crippen LogP contribution < -0.4 is 10.1 Å². The fourth-order valence-corrected chi connectivity index (χ4v) is 5.15. The van der Waals surface area contributed by atoms with Crippen LogP contribution in [0, 0.1) is 19.7 Å². The van der Waals surface area contributed by atoms with Gasteiger partial charge < -0.3 is 15.0 Å². The van der Waals surface area contributed by atoms with E-state index in [1.54, 1.807) is 18.2 Å². The Morgan fingerprint density at radius 3 is 2.29 bits per heavy atom. The summed E-state index contributed by atoms with van der Waals surface area (Å²) in [7, 11) is 0. The van der Waals surface area contributed by atoms with Gasteiger partial charge in [-0.15, -0.1) is 0 Å². The molecule has 0 unspecified atom stereocenters. The highest BCUT2D eigenvalue weighted by Gasteiger charge is 2.32. The molecular weight excluding hydrogens is 479 g/mol. The van der Waals surface area contributed by atoms with E-state index in [0.29, 0.717) is 17.7 Å². The van der Waals surface area contributed by atoms with Crippen LogP contribution >= 0.6 is 0 Å². The zero-order chi connectivity index (χ0) is 26.9. The number of benzene rings is 3. The van der Waals surface area contributed by atoms with Crippen LogP contribution in [-0.2, 0) is 22.6 Å². The lowest BCUT2D eigenvalue weighted by Gasteiger charge is -2.33. The van der Waals surface area contributed by atoms with E-state index in [9.17, 15) is 14.0 Å². The third-order valence-corrected chi connectivity index (χ3v) is 7.08. The second-order valence-corrected chi connectivity index (χ2v) is 10.3. The third kappa shape index (κ3) is 7.67. The number of hydrogen-bond donors (Lipinski definition) is 1. The van der Waals surface area contributed by atoms with E-state index in [2.05, 4.69) is 5.32 Å². The third-order valence-electron chi connectivity index (χ3n) is 7.08. The van der Waals surface area contributed by atoms with Gasteiger partial charge in [0.2, 0.25) is 5.91 Å². The minimum Gasteiger partial charge on any atom is -0.484 e. The van der Waals surface area contributed by atoms with Crippen molar-refractivity contribution in [1.82, 2.24) is 10.2 Å². The highest BCUT2D eigenvalue weighted by atomic mass is 19.1. The summed E-state index contributed by atoms with van der Waals surface area (Å²) in [6, 6.07) is 21.1. The lowest BCUT2D eigenvalue weighted by molar-refractivity contribution is -0.143. The van der Waals surface area contributed by atoms with Crippen molar-refractivity contribution in [3.8, 4) is 5.75 Å². The van der Waals surface area contributed by atoms with Crippen molar-refractivity contribution >= 4 is 11.8 Å². The molecule has 3 aromatic carbocycles. The Balaban J connectivity index is 1.62. The predicted molar refractivity (Wildman–Crippen MR) is 147 cm³/mol. The summed E-state index contributed by atoms with van der Waals surface area (Å²) >= 11 is 0. The van der Waals surface area contributed by atoms with Crippen LogP contribution in [0.1, 0.15) is 54.4 Å². The molecule has 4 rings (SSSR count). The molecule has 0 aliphatic heterocycles. The number of halogens is 1. The summed E-state index contributed by atoms with van der Waals surface area (Å²) in [5.74, 6) is -0.399. The van der Waals surface area contributed by atoms with E-state index in [0.717, 1.165) is 42.4 Å². The lowest BCUT2D eigenvalue weighted by atomic mass is 9.94. The van der Waals surface area contributed by atoms with Gasteiger partial charge in [-0.05, 0) is 61.6 Å². The second kappa shape index (κ2) is 13.2. The number of ether oxygens (including phenoxy) is 1. The van der Waals surface area contributed by atoms with Crippen molar-refractivity contribution in [1.29, 1.82) is 0 Å². The Hall–Kier alpha value is -3.67. The molecule has 6 heteroatoms. The van der Waals surface area contributed by atoms with Crippen molar-refractivity contribution < 1.29 is 18.7 Å². The summed E-state index contributed by atoms with van der Waals surface area (Å²) < 4.78 is 20.6. The number of nitrogens with one attached hydrogen (secondary N) is 1. The van der Waals surface area contributed by atoms with Crippen molar-refractivity contribution in [3.05, 3.63) is 101 Å². The number of carbonyl (C=O) groups is 2. The maximum Gasteiger partial charge on any atom is 0.261 e. The van der Waals surface area contributed by atoms with E-state index < -0.39 is 11.9 Å². The molecule has 38 heavy (non-hydrogen) atoms. The van der Waals surface area contributed by atoms with Crippen LogP contribution in [0.5, 0.6) is 5.75 Å². The van der Waals surface area contributed by atoms with Crippen LogP contribution in [0.25, 0.3) is 0 Å². The zero-order valence-electron chi connectivity index (χ0n) is 22.3. The van der Waals surface area contributed by atoms with Crippen molar-refractivity contribution in [2.45, 2.75) is 71.0 Å². The normalized spacial score (nSPS) is 14.5. The number of amides is 2. The van der Waals surface area contributed by atoms with Gasteiger partial charge in [0.25, 0.3) is 5.91 Å². The molecule has 0 bridgehead atoms. The molecule has 1 saturated carbocycles. The average molecular weight is 517 g/mol. The van der Waals surface area contributed by atoms with E-state index in [-0.39, 0.29) is 31.0 Å². The molecule has 0 spiro atoms. The van der Waals surface area contributed by atoms with E-state index in [4.69, 9.17) is 4.74 Å². The van der Waals surface area contributed by atoms with Gasteiger partial charge in [0.05, 0.1) is 0 Å². The Morgan fingerprint density at radius 2 is 1.61 bits per heavy atom. The number of rotatable bonds is 10. The summed E-state index contributed by atoms with van der Waals surface area (Å²) in [6.45, 7) is 3.66. The molecule has 200 valence electrons. The number of carbonyl (C=O) groups excluding carboxylic acids is 2. The van der Waals surface area contributed by atoms with Crippen LogP contribution in [0.15, 0.2) is 72.8 Å². The molecule has 0 aromatic heterocycles. The van der Waals surface area contributed by atoms with E-state index in [1.807, 2.05) is 62.4 Å². The SMILES string of the molecule is Cc1cc(C)cc(OCC(=O)N(Cc2ccccc2F)[C@H](Cc2ccccc2)C(=O)NC2CCCCC2)c1. The maximum atomic E-state index is 14.7. The van der Waals surface area contributed by atoms with E-state index >= 15 is 0 Å². The van der Waals surface area contributed by atoms with Gasteiger partial charge in [-0.1, -0.05) is 73.9 Å². The minimum absolute atomic E-state index is 0.0305. The Bertz CT molecular complexity index is 1200. The van der Waals surface area contributed by atoms with Crippen LogP contribution in [0.4, 0.5) is 4.39 Å². The fraction of sp³-hybridized carbons (Fsp3) is 0.375. The van der Waals surface area contributed by atoms with Gasteiger partial charge in [0, 0.05) is 24.6 Å². The largest absolute Gasteiger partial charge is 0.484 e. The number of aryl methyl sites for hydroxylation is 2. The summed E-state index contributed by atoms with van der Waals surface area (Å²) in [6.07, 6.45) is 5.52. The molecule has 1 aliphatic rings. The fourth-order valence-electron chi connectivity index (χ4n) is 5.15. The Morgan fingerprint density at radius 1 is 0.947 bits per heavy atom. The summed E-state index contributed by atoms with van der Waals surface area (Å²) in [5, 5.41) is 3.20. The maximum absolute atomic E-state index is 14.7. The molecule has 0 radical (unpaired) electrons. The molecule has 1 atom stereocenters. The molecule has 2 amide bonds. The molecular formula is C32H37FN2O3. The first-order valence-corrected chi connectivity index (χ1v) is 13.5. The molecule has 0 saturated heterocycles. The van der Waals surface area contributed by atoms with Crippen LogP contribution in [0.3, 0.4) is 0 Å². The van der Waals surface area contributed by atoms with Gasteiger partial charge in [-0.25, -0.2) is 4.39 Å². The number of nitrogens with zero attached hydrogens (tertiary/aromatic N) is 1. The molecule has 0 heterocycles. The van der Waals surface area contributed by atoms with Gasteiger partial charge in [0.15, 0.2) is 6.61 Å². The first-order chi connectivity index (χ1) is 18.4. The molecule has 1 N–H and O–H groups in total. The monoisotopic (exact) mass is 516 g/mol.